The van der Waals surface area contributed by atoms with Crippen molar-refractivity contribution in [3.63, 3.8) is 0 Å². The molecule has 1 fully saturated rings. The van der Waals surface area contributed by atoms with Crippen LogP contribution in [0.4, 0.5) is 4.39 Å². The predicted octanol–water partition coefficient (Wildman–Crippen LogP) is 3.83. The number of piperazine rings is 1. The van der Waals surface area contributed by atoms with Crippen molar-refractivity contribution < 1.29 is 4.39 Å². The van der Waals surface area contributed by atoms with E-state index in [9.17, 15) is 4.39 Å². The lowest BCUT2D eigenvalue weighted by Gasteiger charge is -2.31. The molecule has 4 rings (SSSR count). The molecule has 0 radical (unpaired) electrons. The first-order valence-electron chi connectivity index (χ1n) is 8.78. The normalized spacial score (nSPS) is 18.6. The molecule has 3 nitrogen and oxygen atoms in total. The maximum Gasteiger partial charge on any atom is 0.123 e. The molecular formula is C21H22FN3. The number of hydrogen-bond donors (Lipinski definition) is 1. The zero-order valence-electron chi connectivity index (χ0n) is 14.4. The average molecular weight is 335 g/mol. The van der Waals surface area contributed by atoms with Crippen molar-refractivity contribution in [2.24, 2.45) is 0 Å². The Bertz CT molecular complexity index is 876. The zero-order valence-corrected chi connectivity index (χ0v) is 14.4. The molecule has 25 heavy (non-hydrogen) atoms. The fraction of sp³-hybridized carbons (Fsp3) is 0.286. The lowest BCUT2D eigenvalue weighted by Crippen LogP contribution is -2.48. The summed E-state index contributed by atoms with van der Waals surface area (Å²) in [6.07, 6.45) is 1.83. The molecule has 1 saturated heterocycles. The molecule has 1 aliphatic rings. The van der Waals surface area contributed by atoms with Crippen molar-refractivity contribution in [1.82, 2.24) is 15.2 Å². The van der Waals surface area contributed by atoms with Crippen LogP contribution in [0.3, 0.4) is 0 Å². The van der Waals surface area contributed by atoms with E-state index < -0.39 is 0 Å². The van der Waals surface area contributed by atoms with Gasteiger partial charge in [0.25, 0.3) is 0 Å². The molecule has 4 heteroatoms. The maximum atomic E-state index is 13.2. The fourth-order valence-corrected chi connectivity index (χ4v) is 3.59. The summed E-state index contributed by atoms with van der Waals surface area (Å²) in [4.78, 5) is 7.03. The van der Waals surface area contributed by atoms with Gasteiger partial charge in [-0.3, -0.25) is 9.88 Å². The average Bonchev–Trinajstić information content (AvgIpc) is 2.62. The standard InChI is InChI=1S/C21H22FN3/c1-15-13-25(11-10-23-15)14-16-2-7-20-19(8-9-24-21(20)12-16)17-3-5-18(22)6-4-17/h2-9,12,15,23H,10-11,13-14H2,1H3/t15-/m0/s1. The minimum atomic E-state index is -0.213. The minimum absolute atomic E-state index is 0.213. The van der Waals surface area contributed by atoms with E-state index >= 15 is 0 Å². The molecule has 0 aliphatic carbocycles. The third-order valence-corrected chi connectivity index (χ3v) is 4.82. The van der Waals surface area contributed by atoms with Gasteiger partial charge in [-0.1, -0.05) is 24.3 Å². The highest BCUT2D eigenvalue weighted by Gasteiger charge is 2.16. The van der Waals surface area contributed by atoms with Crippen LogP contribution in [0.2, 0.25) is 0 Å². The van der Waals surface area contributed by atoms with Crippen LogP contribution in [0.25, 0.3) is 22.0 Å². The monoisotopic (exact) mass is 335 g/mol. The van der Waals surface area contributed by atoms with Crippen LogP contribution in [-0.4, -0.2) is 35.6 Å². The van der Waals surface area contributed by atoms with Gasteiger partial charge >= 0.3 is 0 Å². The Hall–Kier alpha value is -2.30. The van der Waals surface area contributed by atoms with Crippen LogP contribution in [0.1, 0.15) is 12.5 Å². The first-order valence-corrected chi connectivity index (χ1v) is 8.78. The van der Waals surface area contributed by atoms with Gasteiger partial charge in [-0.2, -0.15) is 0 Å². The summed E-state index contributed by atoms with van der Waals surface area (Å²) >= 11 is 0. The summed E-state index contributed by atoms with van der Waals surface area (Å²) in [6.45, 7) is 6.36. The van der Waals surface area contributed by atoms with Crippen LogP contribution in [0.5, 0.6) is 0 Å². The number of rotatable bonds is 3. The molecule has 0 amide bonds. The van der Waals surface area contributed by atoms with Crippen molar-refractivity contribution in [3.8, 4) is 11.1 Å². The number of benzene rings is 2. The van der Waals surface area contributed by atoms with Gasteiger partial charge in [-0.05, 0) is 47.9 Å². The van der Waals surface area contributed by atoms with E-state index in [0.29, 0.717) is 6.04 Å². The van der Waals surface area contributed by atoms with Gasteiger partial charge in [0.2, 0.25) is 0 Å². The molecule has 0 saturated carbocycles. The number of nitrogens with zero attached hydrogens (tertiary/aromatic N) is 2. The summed E-state index contributed by atoms with van der Waals surface area (Å²) in [5, 5.41) is 4.58. The molecule has 128 valence electrons. The van der Waals surface area contributed by atoms with Crippen molar-refractivity contribution in [1.29, 1.82) is 0 Å². The van der Waals surface area contributed by atoms with E-state index in [-0.39, 0.29) is 5.82 Å². The van der Waals surface area contributed by atoms with Crippen molar-refractivity contribution in [2.45, 2.75) is 19.5 Å². The van der Waals surface area contributed by atoms with Crippen LogP contribution < -0.4 is 5.32 Å². The summed E-state index contributed by atoms with van der Waals surface area (Å²) in [7, 11) is 0. The van der Waals surface area contributed by atoms with Gasteiger partial charge in [0.1, 0.15) is 5.82 Å². The molecule has 0 bridgehead atoms. The molecule has 1 aromatic heterocycles. The molecule has 2 heterocycles. The molecule has 2 aromatic carbocycles. The van der Waals surface area contributed by atoms with E-state index in [1.165, 1.54) is 17.7 Å². The van der Waals surface area contributed by atoms with E-state index in [0.717, 1.165) is 48.2 Å². The predicted molar refractivity (Wildman–Crippen MR) is 99.9 cm³/mol. The molecule has 1 atom stereocenters. The zero-order chi connectivity index (χ0) is 17.2. The number of nitrogens with one attached hydrogen (secondary N) is 1. The molecule has 1 aliphatic heterocycles. The Morgan fingerprint density at radius 3 is 2.80 bits per heavy atom. The van der Waals surface area contributed by atoms with Crippen molar-refractivity contribution >= 4 is 10.9 Å². The van der Waals surface area contributed by atoms with E-state index in [1.807, 2.05) is 24.4 Å². The molecule has 0 unspecified atom stereocenters. The SMILES string of the molecule is C[C@H]1CN(Cc2ccc3c(-c4ccc(F)cc4)ccnc3c2)CCN1. The highest BCUT2D eigenvalue weighted by Crippen LogP contribution is 2.28. The summed E-state index contributed by atoms with van der Waals surface area (Å²) in [5.74, 6) is -0.213. The second-order valence-corrected chi connectivity index (χ2v) is 6.81. The highest BCUT2D eigenvalue weighted by molar-refractivity contribution is 5.94. The fourth-order valence-electron chi connectivity index (χ4n) is 3.59. The smallest absolute Gasteiger partial charge is 0.123 e. The van der Waals surface area contributed by atoms with Gasteiger partial charge in [-0.25, -0.2) is 4.39 Å². The van der Waals surface area contributed by atoms with Gasteiger partial charge in [0, 0.05) is 43.8 Å². The quantitative estimate of drug-likeness (QED) is 0.788. The summed E-state index contributed by atoms with van der Waals surface area (Å²) in [5.41, 5.74) is 4.37. The molecule has 0 spiro atoms. The van der Waals surface area contributed by atoms with Gasteiger partial charge in [-0.15, -0.1) is 0 Å². The number of fused-ring (bicyclic) bond motifs is 1. The van der Waals surface area contributed by atoms with E-state index in [1.54, 1.807) is 0 Å². The third-order valence-electron chi connectivity index (χ3n) is 4.82. The van der Waals surface area contributed by atoms with E-state index in [4.69, 9.17) is 0 Å². The number of halogens is 1. The number of aromatic nitrogens is 1. The van der Waals surface area contributed by atoms with Crippen LogP contribution in [0, 0.1) is 5.82 Å². The third kappa shape index (κ3) is 3.55. The van der Waals surface area contributed by atoms with Crippen LogP contribution in [0.15, 0.2) is 54.7 Å². The Morgan fingerprint density at radius 1 is 1.16 bits per heavy atom. The number of hydrogen-bond acceptors (Lipinski definition) is 3. The molecule has 3 aromatic rings. The van der Waals surface area contributed by atoms with Crippen molar-refractivity contribution in [3.05, 3.63) is 66.1 Å². The largest absolute Gasteiger partial charge is 0.312 e. The van der Waals surface area contributed by atoms with Gasteiger partial charge in [0.05, 0.1) is 5.52 Å². The van der Waals surface area contributed by atoms with Crippen molar-refractivity contribution in [2.75, 3.05) is 19.6 Å². The Balaban J connectivity index is 1.64. The summed E-state index contributed by atoms with van der Waals surface area (Å²) < 4.78 is 13.2. The number of pyridine rings is 1. The van der Waals surface area contributed by atoms with E-state index in [2.05, 4.69) is 40.3 Å². The minimum Gasteiger partial charge on any atom is -0.312 e. The molecular weight excluding hydrogens is 313 g/mol. The first kappa shape index (κ1) is 16.2. The highest BCUT2D eigenvalue weighted by atomic mass is 19.1. The molecule has 1 N–H and O–H groups in total. The second kappa shape index (κ2) is 6.90. The van der Waals surface area contributed by atoms with Crippen LogP contribution in [-0.2, 0) is 6.54 Å². The first-order chi connectivity index (χ1) is 12.2. The maximum absolute atomic E-state index is 13.2. The van der Waals surface area contributed by atoms with Gasteiger partial charge in [0.15, 0.2) is 0 Å². The van der Waals surface area contributed by atoms with Gasteiger partial charge < -0.3 is 5.32 Å². The summed E-state index contributed by atoms with van der Waals surface area (Å²) in [6, 6.07) is 15.7. The lowest BCUT2D eigenvalue weighted by atomic mass is 10.00. The Labute approximate surface area is 147 Å². The lowest BCUT2D eigenvalue weighted by molar-refractivity contribution is 0.200. The Kier molecular flexibility index (Phi) is 4.47. The van der Waals surface area contributed by atoms with Crippen LogP contribution >= 0.6 is 0 Å². The second-order valence-electron chi connectivity index (χ2n) is 6.81. The Morgan fingerprint density at radius 2 is 2.00 bits per heavy atom. The topological polar surface area (TPSA) is 28.2 Å².